The number of benzene rings is 1. The van der Waals surface area contributed by atoms with E-state index in [0.29, 0.717) is 5.56 Å². The topological polar surface area (TPSA) is 35.7 Å². The van der Waals surface area contributed by atoms with Crippen LogP contribution in [-0.4, -0.2) is 63.2 Å². The largest absolute Gasteiger partial charge is 0.369 e. The minimum atomic E-state index is -0.194. The molecule has 1 aliphatic heterocycles. The Labute approximate surface area is 120 Å². The Balaban J connectivity index is 1.95. The standard InChI is InChI=1S/C15H25FN4/c1-18(2)6-7-19-8-10-20(11-9-19)15-5-3-4-14(16)13(15)12-17/h3-5H,6-12,17H2,1-2H3. The zero-order valence-electron chi connectivity index (χ0n) is 12.5. The minimum Gasteiger partial charge on any atom is -0.369 e. The Morgan fingerprint density at radius 1 is 1.20 bits per heavy atom. The molecule has 1 saturated heterocycles. The fourth-order valence-corrected chi connectivity index (χ4v) is 2.60. The van der Waals surface area contributed by atoms with Crippen LogP contribution < -0.4 is 10.6 Å². The molecule has 1 heterocycles. The van der Waals surface area contributed by atoms with E-state index in [-0.39, 0.29) is 12.4 Å². The first-order chi connectivity index (χ1) is 9.61. The molecule has 5 heteroatoms. The fraction of sp³-hybridized carbons (Fsp3) is 0.600. The monoisotopic (exact) mass is 280 g/mol. The number of halogens is 1. The highest BCUT2D eigenvalue weighted by molar-refractivity contribution is 5.54. The molecule has 0 amide bonds. The van der Waals surface area contributed by atoms with E-state index in [1.807, 2.05) is 6.07 Å². The summed E-state index contributed by atoms with van der Waals surface area (Å²) in [6, 6.07) is 5.22. The molecule has 1 fully saturated rings. The van der Waals surface area contributed by atoms with Gasteiger partial charge in [0.1, 0.15) is 5.82 Å². The van der Waals surface area contributed by atoms with Gasteiger partial charge in [-0.15, -0.1) is 0 Å². The number of hydrogen-bond donors (Lipinski definition) is 1. The predicted molar refractivity (Wildman–Crippen MR) is 81.5 cm³/mol. The van der Waals surface area contributed by atoms with Crippen LogP contribution in [0, 0.1) is 5.82 Å². The van der Waals surface area contributed by atoms with Crippen LogP contribution in [0.5, 0.6) is 0 Å². The summed E-state index contributed by atoms with van der Waals surface area (Å²) in [4.78, 5) is 6.90. The van der Waals surface area contributed by atoms with Crippen LogP contribution in [0.3, 0.4) is 0 Å². The second kappa shape index (κ2) is 7.02. The summed E-state index contributed by atoms with van der Waals surface area (Å²) in [5.74, 6) is -0.194. The molecule has 0 aliphatic carbocycles. The number of nitrogens with two attached hydrogens (primary N) is 1. The van der Waals surface area contributed by atoms with Crippen molar-refractivity contribution in [2.75, 3.05) is 58.3 Å². The van der Waals surface area contributed by atoms with Crippen molar-refractivity contribution < 1.29 is 4.39 Å². The van der Waals surface area contributed by atoms with E-state index in [1.54, 1.807) is 6.07 Å². The van der Waals surface area contributed by atoms with Gasteiger partial charge in [-0.25, -0.2) is 4.39 Å². The summed E-state index contributed by atoms with van der Waals surface area (Å²) in [6.45, 7) is 6.33. The highest BCUT2D eigenvalue weighted by atomic mass is 19.1. The molecule has 0 aromatic heterocycles. The molecule has 1 aliphatic rings. The summed E-state index contributed by atoms with van der Waals surface area (Å²) in [6.07, 6.45) is 0. The van der Waals surface area contributed by atoms with Crippen molar-refractivity contribution in [3.05, 3.63) is 29.6 Å². The summed E-state index contributed by atoms with van der Waals surface area (Å²) in [5, 5.41) is 0. The van der Waals surface area contributed by atoms with Crippen molar-refractivity contribution in [2.24, 2.45) is 5.73 Å². The molecule has 4 nitrogen and oxygen atoms in total. The van der Waals surface area contributed by atoms with E-state index in [9.17, 15) is 4.39 Å². The third-order valence-electron chi connectivity index (χ3n) is 3.87. The summed E-state index contributed by atoms with van der Waals surface area (Å²) >= 11 is 0. The lowest BCUT2D eigenvalue weighted by molar-refractivity contribution is 0.229. The van der Waals surface area contributed by atoms with Gasteiger partial charge in [0.15, 0.2) is 0 Å². The van der Waals surface area contributed by atoms with Crippen molar-refractivity contribution >= 4 is 5.69 Å². The number of piperazine rings is 1. The second-order valence-electron chi connectivity index (χ2n) is 5.57. The lowest BCUT2D eigenvalue weighted by Gasteiger charge is -2.37. The number of hydrogen-bond acceptors (Lipinski definition) is 4. The minimum absolute atomic E-state index is 0.194. The lowest BCUT2D eigenvalue weighted by Crippen LogP contribution is -2.48. The highest BCUT2D eigenvalue weighted by Crippen LogP contribution is 2.24. The van der Waals surface area contributed by atoms with E-state index in [0.717, 1.165) is 45.0 Å². The van der Waals surface area contributed by atoms with Crippen LogP contribution in [0.4, 0.5) is 10.1 Å². The summed E-state index contributed by atoms with van der Waals surface area (Å²) < 4.78 is 13.8. The maximum absolute atomic E-state index is 13.8. The molecule has 0 radical (unpaired) electrons. The zero-order chi connectivity index (χ0) is 14.5. The fourth-order valence-electron chi connectivity index (χ4n) is 2.60. The van der Waals surface area contributed by atoms with Crippen molar-refractivity contribution in [2.45, 2.75) is 6.54 Å². The lowest BCUT2D eigenvalue weighted by atomic mass is 10.1. The molecule has 0 unspecified atom stereocenters. The first-order valence-corrected chi connectivity index (χ1v) is 7.21. The van der Waals surface area contributed by atoms with Crippen LogP contribution in [-0.2, 0) is 6.54 Å². The number of anilines is 1. The predicted octanol–water partition coefficient (Wildman–Crippen LogP) is 0.968. The number of rotatable bonds is 5. The maximum Gasteiger partial charge on any atom is 0.129 e. The molecule has 0 spiro atoms. The molecular weight excluding hydrogens is 255 g/mol. The quantitative estimate of drug-likeness (QED) is 0.872. The molecule has 112 valence electrons. The zero-order valence-corrected chi connectivity index (χ0v) is 12.5. The molecule has 20 heavy (non-hydrogen) atoms. The molecule has 0 atom stereocenters. The van der Waals surface area contributed by atoms with Crippen LogP contribution in [0.1, 0.15) is 5.56 Å². The van der Waals surface area contributed by atoms with Crippen molar-refractivity contribution in [1.82, 2.24) is 9.80 Å². The van der Waals surface area contributed by atoms with Gasteiger partial charge in [0.05, 0.1) is 0 Å². The van der Waals surface area contributed by atoms with Gasteiger partial charge in [-0.1, -0.05) is 6.07 Å². The highest BCUT2D eigenvalue weighted by Gasteiger charge is 2.19. The van der Waals surface area contributed by atoms with Crippen LogP contribution in [0.25, 0.3) is 0 Å². The Bertz CT molecular complexity index is 428. The van der Waals surface area contributed by atoms with Crippen LogP contribution >= 0.6 is 0 Å². The Hall–Kier alpha value is -1.17. The van der Waals surface area contributed by atoms with Crippen molar-refractivity contribution in [3.8, 4) is 0 Å². The Morgan fingerprint density at radius 3 is 2.50 bits per heavy atom. The van der Waals surface area contributed by atoms with Gasteiger partial charge < -0.3 is 15.5 Å². The van der Waals surface area contributed by atoms with E-state index in [2.05, 4.69) is 28.8 Å². The second-order valence-corrected chi connectivity index (χ2v) is 5.57. The average molecular weight is 280 g/mol. The van der Waals surface area contributed by atoms with Crippen LogP contribution in [0.15, 0.2) is 18.2 Å². The molecule has 1 aromatic carbocycles. The molecular formula is C15H25FN4. The van der Waals surface area contributed by atoms with Crippen molar-refractivity contribution in [3.63, 3.8) is 0 Å². The Morgan fingerprint density at radius 2 is 1.90 bits per heavy atom. The number of nitrogens with zero attached hydrogens (tertiary/aromatic N) is 3. The van der Waals surface area contributed by atoms with E-state index >= 15 is 0 Å². The molecule has 0 bridgehead atoms. The summed E-state index contributed by atoms with van der Waals surface area (Å²) in [7, 11) is 4.19. The van der Waals surface area contributed by atoms with Gasteiger partial charge in [0.2, 0.25) is 0 Å². The van der Waals surface area contributed by atoms with E-state index in [1.165, 1.54) is 6.07 Å². The Kier molecular flexibility index (Phi) is 5.34. The average Bonchev–Trinajstić information content (AvgIpc) is 2.45. The first-order valence-electron chi connectivity index (χ1n) is 7.21. The van der Waals surface area contributed by atoms with Gasteiger partial charge in [-0.05, 0) is 26.2 Å². The van der Waals surface area contributed by atoms with Crippen molar-refractivity contribution in [1.29, 1.82) is 0 Å². The van der Waals surface area contributed by atoms with E-state index < -0.39 is 0 Å². The maximum atomic E-state index is 13.8. The first kappa shape index (κ1) is 15.2. The van der Waals surface area contributed by atoms with Gasteiger partial charge in [0, 0.05) is 57.1 Å². The van der Waals surface area contributed by atoms with Gasteiger partial charge in [-0.3, -0.25) is 4.90 Å². The molecule has 0 saturated carbocycles. The normalized spacial score (nSPS) is 16.9. The molecule has 2 rings (SSSR count). The SMILES string of the molecule is CN(C)CCN1CCN(c2cccc(F)c2CN)CC1. The van der Waals surface area contributed by atoms with Gasteiger partial charge >= 0.3 is 0 Å². The van der Waals surface area contributed by atoms with Gasteiger partial charge in [0.25, 0.3) is 0 Å². The molecule has 2 N–H and O–H groups in total. The third kappa shape index (κ3) is 3.69. The van der Waals surface area contributed by atoms with Crippen LogP contribution in [0.2, 0.25) is 0 Å². The summed E-state index contributed by atoms with van der Waals surface area (Å²) in [5.41, 5.74) is 7.28. The van der Waals surface area contributed by atoms with E-state index in [4.69, 9.17) is 5.73 Å². The smallest absolute Gasteiger partial charge is 0.129 e. The van der Waals surface area contributed by atoms with Gasteiger partial charge in [-0.2, -0.15) is 0 Å². The molecule has 1 aromatic rings. The third-order valence-corrected chi connectivity index (χ3v) is 3.87. The number of likely N-dealkylation sites (N-methyl/N-ethyl adjacent to an activating group) is 1.